The van der Waals surface area contributed by atoms with Crippen LogP contribution < -0.4 is 15.5 Å². The second-order valence-electron chi connectivity index (χ2n) is 7.34. The van der Waals surface area contributed by atoms with Crippen LogP contribution in [0.5, 0.6) is 0 Å². The van der Waals surface area contributed by atoms with Crippen molar-refractivity contribution in [3.63, 3.8) is 0 Å². The van der Waals surface area contributed by atoms with E-state index in [4.69, 9.17) is 0 Å². The van der Waals surface area contributed by atoms with E-state index < -0.39 is 0 Å². The molecule has 1 fully saturated rings. The molecule has 0 saturated carbocycles. The first-order chi connectivity index (χ1) is 12.3. The van der Waals surface area contributed by atoms with Gasteiger partial charge in [-0.15, -0.1) is 0 Å². The lowest BCUT2D eigenvalue weighted by atomic mass is 10.0. The summed E-state index contributed by atoms with van der Waals surface area (Å²) in [5, 5.41) is 11.7. The Morgan fingerprint density at radius 3 is 2.96 bits per heavy atom. The zero-order valence-electron chi connectivity index (χ0n) is 15.1. The number of rotatable bonds is 5. The van der Waals surface area contributed by atoms with Gasteiger partial charge in [-0.05, 0) is 37.0 Å². The van der Waals surface area contributed by atoms with Crippen molar-refractivity contribution in [1.29, 1.82) is 0 Å². The standard InChI is InChI=1S/C20H29N5/c1-2-16-4-3-5-19(12-16)24-10-7-18(8-11-24)21-13-17-14-22-20-6-9-23-25(20)15-17/h3-6,9,12,17-18,21-22H,2,7-8,10-11,13-15H2,1H3/t17-/m1/s1. The minimum Gasteiger partial charge on any atom is -0.371 e. The van der Waals surface area contributed by atoms with E-state index >= 15 is 0 Å². The summed E-state index contributed by atoms with van der Waals surface area (Å²) in [7, 11) is 0. The topological polar surface area (TPSA) is 45.1 Å². The van der Waals surface area contributed by atoms with E-state index in [2.05, 4.69) is 56.5 Å². The van der Waals surface area contributed by atoms with Crippen molar-refractivity contribution in [2.75, 3.05) is 36.4 Å². The van der Waals surface area contributed by atoms with Crippen molar-refractivity contribution in [1.82, 2.24) is 15.1 Å². The Morgan fingerprint density at radius 2 is 2.12 bits per heavy atom. The summed E-state index contributed by atoms with van der Waals surface area (Å²) in [6.45, 7) is 7.66. The molecule has 1 aromatic carbocycles. The summed E-state index contributed by atoms with van der Waals surface area (Å²) in [4.78, 5) is 2.54. The molecule has 3 heterocycles. The highest BCUT2D eigenvalue weighted by Gasteiger charge is 2.22. The molecule has 5 nitrogen and oxygen atoms in total. The van der Waals surface area contributed by atoms with Crippen LogP contribution in [0.25, 0.3) is 0 Å². The maximum absolute atomic E-state index is 4.38. The van der Waals surface area contributed by atoms with Gasteiger partial charge >= 0.3 is 0 Å². The summed E-state index contributed by atoms with van der Waals surface area (Å²) in [5.41, 5.74) is 2.82. The largest absolute Gasteiger partial charge is 0.371 e. The third-order valence-corrected chi connectivity index (χ3v) is 5.59. The number of hydrogen-bond acceptors (Lipinski definition) is 4. The highest BCUT2D eigenvalue weighted by molar-refractivity contribution is 5.49. The number of aryl methyl sites for hydroxylation is 1. The maximum atomic E-state index is 4.38. The van der Waals surface area contributed by atoms with Gasteiger partial charge in [0.2, 0.25) is 0 Å². The highest BCUT2D eigenvalue weighted by Crippen LogP contribution is 2.22. The fourth-order valence-electron chi connectivity index (χ4n) is 3.97. The molecule has 1 aromatic heterocycles. The summed E-state index contributed by atoms with van der Waals surface area (Å²) in [6, 6.07) is 11.7. The molecule has 2 aliphatic heterocycles. The number of benzene rings is 1. The van der Waals surface area contributed by atoms with Crippen LogP contribution in [0, 0.1) is 5.92 Å². The molecule has 0 aliphatic carbocycles. The van der Waals surface area contributed by atoms with Crippen molar-refractivity contribution in [2.24, 2.45) is 5.92 Å². The summed E-state index contributed by atoms with van der Waals surface area (Å²) < 4.78 is 2.08. The number of nitrogens with zero attached hydrogens (tertiary/aromatic N) is 3. The summed E-state index contributed by atoms with van der Waals surface area (Å²) >= 11 is 0. The zero-order valence-corrected chi connectivity index (χ0v) is 15.1. The molecule has 2 aromatic rings. The molecule has 1 saturated heterocycles. The van der Waals surface area contributed by atoms with Crippen LogP contribution >= 0.6 is 0 Å². The Hall–Kier alpha value is -2.01. The van der Waals surface area contributed by atoms with E-state index in [0.717, 1.165) is 45.0 Å². The Morgan fingerprint density at radius 1 is 1.24 bits per heavy atom. The van der Waals surface area contributed by atoms with Crippen LogP contribution in [0.1, 0.15) is 25.3 Å². The summed E-state index contributed by atoms with van der Waals surface area (Å²) in [5.74, 6) is 1.77. The Bertz CT molecular complexity index is 687. The van der Waals surface area contributed by atoms with Gasteiger partial charge in [0.05, 0.1) is 6.20 Å². The SMILES string of the molecule is CCc1cccc(N2CCC(NC[C@@H]3CNc4ccnn4C3)CC2)c1. The van der Waals surface area contributed by atoms with Gasteiger partial charge in [0.15, 0.2) is 0 Å². The van der Waals surface area contributed by atoms with Gasteiger partial charge in [0.1, 0.15) is 5.82 Å². The van der Waals surface area contributed by atoms with Crippen LogP contribution in [0.3, 0.4) is 0 Å². The van der Waals surface area contributed by atoms with Gasteiger partial charge in [0, 0.05) is 56.4 Å². The number of nitrogens with one attached hydrogen (secondary N) is 2. The molecule has 25 heavy (non-hydrogen) atoms. The van der Waals surface area contributed by atoms with Crippen molar-refractivity contribution < 1.29 is 0 Å². The molecule has 2 aliphatic rings. The normalized spacial score (nSPS) is 21.0. The van der Waals surface area contributed by atoms with Gasteiger partial charge in [-0.25, -0.2) is 4.68 Å². The van der Waals surface area contributed by atoms with Crippen LogP contribution in [-0.4, -0.2) is 42.0 Å². The third kappa shape index (κ3) is 3.82. The van der Waals surface area contributed by atoms with Gasteiger partial charge < -0.3 is 15.5 Å². The molecule has 5 heteroatoms. The molecule has 0 radical (unpaired) electrons. The fourth-order valence-corrected chi connectivity index (χ4v) is 3.97. The van der Waals surface area contributed by atoms with Crippen molar-refractivity contribution in [3.8, 4) is 0 Å². The molecule has 2 N–H and O–H groups in total. The molecule has 0 spiro atoms. The van der Waals surface area contributed by atoms with Gasteiger partial charge in [-0.1, -0.05) is 19.1 Å². The molecule has 4 rings (SSSR count). The van der Waals surface area contributed by atoms with Crippen LogP contribution in [0.2, 0.25) is 0 Å². The van der Waals surface area contributed by atoms with Crippen LogP contribution in [0.4, 0.5) is 11.5 Å². The van der Waals surface area contributed by atoms with E-state index in [0.29, 0.717) is 12.0 Å². The van der Waals surface area contributed by atoms with E-state index in [-0.39, 0.29) is 0 Å². The molecule has 0 amide bonds. The average molecular weight is 339 g/mol. The monoisotopic (exact) mass is 339 g/mol. The van der Waals surface area contributed by atoms with Crippen LogP contribution in [-0.2, 0) is 13.0 Å². The van der Waals surface area contributed by atoms with Crippen molar-refractivity contribution >= 4 is 11.5 Å². The minimum absolute atomic E-state index is 0.617. The Balaban J connectivity index is 1.24. The minimum atomic E-state index is 0.617. The van der Waals surface area contributed by atoms with Gasteiger partial charge in [0.25, 0.3) is 0 Å². The van der Waals surface area contributed by atoms with Crippen molar-refractivity contribution in [2.45, 2.75) is 38.8 Å². The Labute approximate surface area is 150 Å². The molecule has 1 atom stereocenters. The molecular formula is C20H29N5. The molecule has 0 unspecified atom stereocenters. The molecular weight excluding hydrogens is 310 g/mol. The number of aromatic nitrogens is 2. The van der Waals surface area contributed by atoms with Gasteiger partial charge in [-0.2, -0.15) is 5.10 Å². The Kier molecular flexibility index (Phi) is 4.92. The fraction of sp³-hybridized carbons (Fsp3) is 0.550. The predicted molar refractivity (Wildman–Crippen MR) is 103 cm³/mol. The number of fused-ring (bicyclic) bond motifs is 1. The number of anilines is 2. The molecule has 134 valence electrons. The second kappa shape index (κ2) is 7.48. The lowest BCUT2D eigenvalue weighted by Gasteiger charge is -2.35. The average Bonchev–Trinajstić information content (AvgIpc) is 3.14. The second-order valence-corrected chi connectivity index (χ2v) is 7.34. The first-order valence-electron chi connectivity index (χ1n) is 9.65. The first-order valence-corrected chi connectivity index (χ1v) is 9.65. The lowest BCUT2D eigenvalue weighted by Crippen LogP contribution is -2.45. The third-order valence-electron chi connectivity index (χ3n) is 5.59. The summed E-state index contributed by atoms with van der Waals surface area (Å²) in [6.07, 6.45) is 5.44. The lowest BCUT2D eigenvalue weighted by molar-refractivity contribution is 0.342. The smallest absolute Gasteiger partial charge is 0.124 e. The van der Waals surface area contributed by atoms with E-state index in [1.165, 1.54) is 24.1 Å². The van der Waals surface area contributed by atoms with E-state index in [9.17, 15) is 0 Å². The van der Waals surface area contributed by atoms with Gasteiger partial charge in [-0.3, -0.25) is 0 Å². The predicted octanol–water partition coefficient (Wildman–Crippen LogP) is 2.75. The van der Waals surface area contributed by atoms with Crippen molar-refractivity contribution in [3.05, 3.63) is 42.1 Å². The quantitative estimate of drug-likeness (QED) is 0.879. The maximum Gasteiger partial charge on any atom is 0.124 e. The first kappa shape index (κ1) is 16.5. The van der Waals surface area contributed by atoms with E-state index in [1.807, 2.05) is 12.3 Å². The van der Waals surface area contributed by atoms with E-state index in [1.54, 1.807) is 0 Å². The number of hydrogen-bond donors (Lipinski definition) is 2. The van der Waals surface area contributed by atoms with Crippen LogP contribution in [0.15, 0.2) is 36.5 Å². The number of piperidine rings is 1. The highest BCUT2D eigenvalue weighted by atomic mass is 15.3. The zero-order chi connectivity index (χ0) is 17.1. The molecule has 0 bridgehead atoms.